The number of carbonyl (C=O) groups excluding carboxylic acids is 1. The molecule has 112 valence electrons. The fraction of sp³-hybridized carbons (Fsp3) is 0.714. The number of nitrogens with two attached hydrogens (primary N) is 1. The van der Waals surface area contributed by atoms with Crippen LogP contribution in [0.2, 0.25) is 0 Å². The second kappa shape index (κ2) is 6.74. The fourth-order valence-electron chi connectivity index (χ4n) is 2.62. The second-order valence-electron chi connectivity index (χ2n) is 5.77. The molecular weight excluding hydrogens is 254 g/mol. The predicted molar refractivity (Wildman–Crippen MR) is 79.2 cm³/mol. The Hall–Kier alpha value is -1.56. The van der Waals surface area contributed by atoms with E-state index in [4.69, 9.17) is 5.73 Å². The Morgan fingerprint density at radius 3 is 2.75 bits per heavy atom. The number of anilines is 1. The lowest BCUT2D eigenvalue weighted by Crippen LogP contribution is -2.38. The lowest BCUT2D eigenvalue weighted by atomic mass is 10.1. The van der Waals surface area contributed by atoms with E-state index >= 15 is 0 Å². The first-order valence-corrected chi connectivity index (χ1v) is 7.37. The van der Waals surface area contributed by atoms with E-state index in [1.807, 2.05) is 30.8 Å². The van der Waals surface area contributed by atoms with E-state index in [9.17, 15) is 4.79 Å². The van der Waals surface area contributed by atoms with Crippen LogP contribution in [-0.2, 0) is 4.79 Å². The number of nitrogen functional groups attached to an aromatic ring is 1. The summed E-state index contributed by atoms with van der Waals surface area (Å²) in [4.78, 5) is 14.0. The molecule has 0 aromatic carbocycles. The molecule has 1 fully saturated rings. The third-order valence-electron chi connectivity index (χ3n) is 3.66. The van der Waals surface area contributed by atoms with Gasteiger partial charge in [-0.25, -0.2) is 0 Å². The highest BCUT2D eigenvalue weighted by Crippen LogP contribution is 2.22. The lowest BCUT2D eigenvalue weighted by molar-refractivity contribution is -0.122. The van der Waals surface area contributed by atoms with Gasteiger partial charge >= 0.3 is 0 Å². The van der Waals surface area contributed by atoms with Gasteiger partial charge in [-0.15, -0.1) is 0 Å². The SMILES string of the molecule is CC(C)NC(=O)CCN1CCC(n2ccc(N)n2)CC1. The molecule has 3 N–H and O–H groups in total. The van der Waals surface area contributed by atoms with Crippen molar-refractivity contribution < 1.29 is 4.79 Å². The molecule has 1 saturated heterocycles. The van der Waals surface area contributed by atoms with Gasteiger partial charge in [-0.3, -0.25) is 9.48 Å². The zero-order valence-corrected chi connectivity index (χ0v) is 12.4. The number of nitrogens with one attached hydrogen (secondary N) is 1. The van der Waals surface area contributed by atoms with Crippen LogP contribution in [0.3, 0.4) is 0 Å². The number of hydrogen-bond acceptors (Lipinski definition) is 4. The molecule has 0 bridgehead atoms. The van der Waals surface area contributed by atoms with E-state index in [1.54, 1.807) is 0 Å². The van der Waals surface area contributed by atoms with Gasteiger partial charge in [-0.05, 0) is 32.8 Å². The summed E-state index contributed by atoms with van der Waals surface area (Å²) in [6, 6.07) is 2.49. The first kappa shape index (κ1) is 14.8. The molecule has 2 heterocycles. The van der Waals surface area contributed by atoms with E-state index in [1.165, 1.54) is 0 Å². The summed E-state index contributed by atoms with van der Waals surface area (Å²) in [6.07, 6.45) is 4.66. The van der Waals surface area contributed by atoms with E-state index in [0.717, 1.165) is 32.5 Å². The minimum atomic E-state index is 0.141. The van der Waals surface area contributed by atoms with Gasteiger partial charge in [0, 0.05) is 38.3 Å². The van der Waals surface area contributed by atoms with Crippen molar-refractivity contribution in [2.75, 3.05) is 25.4 Å². The Morgan fingerprint density at radius 2 is 2.20 bits per heavy atom. The molecule has 0 spiro atoms. The quantitative estimate of drug-likeness (QED) is 0.843. The van der Waals surface area contributed by atoms with Gasteiger partial charge < -0.3 is 16.0 Å². The molecule has 2 rings (SSSR count). The standard InChI is InChI=1S/C14H25N5O/c1-11(2)16-14(20)6-9-18-7-3-12(4-8-18)19-10-5-13(15)17-19/h5,10-12H,3-4,6-9H2,1-2H3,(H2,15,17)(H,16,20). The van der Waals surface area contributed by atoms with E-state index in [-0.39, 0.29) is 11.9 Å². The van der Waals surface area contributed by atoms with Crippen LogP contribution in [0.4, 0.5) is 5.82 Å². The largest absolute Gasteiger partial charge is 0.382 e. The maximum atomic E-state index is 11.6. The third-order valence-corrected chi connectivity index (χ3v) is 3.66. The van der Waals surface area contributed by atoms with Gasteiger partial charge in [0.15, 0.2) is 0 Å². The Morgan fingerprint density at radius 1 is 1.50 bits per heavy atom. The molecule has 1 aliphatic heterocycles. The summed E-state index contributed by atoms with van der Waals surface area (Å²) in [6.45, 7) is 6.84. The molecule has 1 aromatic heterocycles. The molecule has 6 heteroatoms. The lowest BCUT2D eigenvalue weighted by Gasteiger charge is -2.31. The van der Waals surface area contributed by atoms with Crippen molar-refractivity contribution in [1.82, 2.24) is 20.0 Å². The van der Waals surface area contributed by atoms with Crippen LogP contribution >= 0.6 is 0 Å². The zero-order chi connectivity index (χ0) is 14.5. The van der Waals surface area contributed by atoms with Crippen LogP contribution in [0.1, 0.15) is 39.2 Å². The smallest absolute Gasteiger partial charge is 0.221 e. The Balaban J connectivity index is 1.70. The molecule has 1 amide bonds. The van der Waals surface area contributed by atoms with Crippen LogP contribution in [0.5, 0.6) is 0 Å². The highest BCUT2D eigenvalue weighted by Gasteiger charge is 2.21. The number of nitrogens with zero attached hydrogens (tertiary/aromatic N) is 3. The molecule has 6 nitrogen and oxygen atoms in total. The average molecular weight is 279 g/mol. The Labute approximate surface area is 120 Å². The minimum Gasteiger partial charge on any atom is -0.382 e. The number of carbonyl (C=O) groups is 1. The van der Waals surface area contributed by atoms with E-state index in [0.29, 0.717) is 18.3 Å². The first-order chi connectivity index (χ1) is 9.54. The van der Waals surface area contributed by atoms with Crippen molar-refractivity contribution in [1.29, 1.82) is 0 Å². The minimum absolute atomic E-state index is 0.141. The van der Waals surface area contributed by atoms with Crippen molar-refractivity contribution in [2.45, 2.75) is 45.2 Å². The molecule has 20 heavy (non-hydrogen) atoms. The second-order valence-corrected chi connectivity index (χ2v) is 5.77. The molecular formula is C14H25N5O. The molecule has 0 saturated carbocycles. The van der Waals surface area contributed by atoms with Crippen LogP contribution in [-0.4, -0.2) is 46.3 Å². The van der Waals surface area contributed by atoms with Gasteiger partial charge in [0.2, 0.25) is 5.91 Å². The van der Waals surface area contributed by atoms with Crippen molar-refractivity contribution in [3.8, 4) is 0 Å². The maximum Gasteiger partial charge on any atom is 0.221 e. The van der Waals surface area contributed by atoms with Crippen molar-refractivity contribution >= 4 is 11.7 Å². The van der Waals surface area contributed by atoms with Gasteiger partial charge in [-0.2, -0.15) is 5.10 Å². The highest BCUT2D eigenvalue weighted by atomic mass is 16.1. The average Bonchev–Trinajstić information content (AvgIpc) is 2.83. The molecule has 0 unspecified atom stereocenters. The summed E-state index contributed by atoms with van der Waals surface area (Å²) in [7, 11) is 0. The van der Waals surface area contributed by atoms with Crippen LogP contribution < -0.4 is 11.1 Å². The van der Waals surface area contributed by atoms with Gasteiger partial charge in [-0.1, -0.05) is 0 Å². The number of rotatable bonds is 5. The summed E-state index contributed by atoms with van der Waals surface area (Å²) in [5, 5.41) is 7.20. The zero-order valence-electron chi connectivity index (χ0n) is 12.4. The summed E-state index contributed by atoms with van der Waals surface area (Å²) in [5.74, 6) is 0.722. The van der Waals surface area contributed by atoms with Crippen LogP contribution in [0, 0.1) is 0 Å². The maximum absolute atomic E-state index is 11.6. The highest BCUT2D eigenvalue weighted by molar-refractivity contribution is 5.76. The molecule has 1 aliphatic rings. The number of likely N-dealkylation sites (tertiary alicyclic amines) is 1. The Kier molecular flexibility index (Phi) is 5.00. The molecule has 0 aliphatic carbocycles. The number of amides is 1. The number of hydrogen-bond donors (Lipinski definition) is 2. The van der Waals surface area contributed by atoms with Gasteiger partial charge in [0.25, 0.3) is 0 Å². The fourth-order valence-corrected chi connectivity index (χ4v) is 2.62. The van der Waals surface area contributed by atoms with Crippen molar-refractivity contribution in [3.05, 3.63) is 12.3 Å². The molecule has 0 atom stereocenters. The normalized spacial score (nSPS) is 17.6. The first-order valence-electron chi connectivity index (χ1n) is 7.37. The summed E-state index contributed by atoms with van der Waals surface area (Å²) < 4.78 is 1.97. The van der Waals surface area contributed by atoms with E-state index in [2.05, 4.69) is 15.3 Å². The van der Waals surface area contributed by atoms with Crippen LogP contribution in [0.15, 0.2) is 12.3 Å². The van der Waals surface area contributed by atoms with Crippen LogP contribution in [0.25, 0.3) is 0 Å². The monoisotopic (exact) mass is 279 g/mol. The predicted octanol–water partition coefficient (Wildman–Crippen LogP) is 1.02. The van der Waals surface area contributed by atoms with Crippen molar-refractivity contribution in [3.63, 3.8) is 0 Å². The molecule has 0 radical (unpaired) electrons. The molecule has 1 aromatic rings. The summed E-state index contributed by atoms with van der Waals surface area (Å²) >= 11 is 0. The third kappa shape index (κ3) is 4.23. The number of aromatic nitrogens is 2. The van der Waals surface area contributed by atoms with E-state index < -0.39 is 0 Å². The van der Waals surface area contributed by atoms with Gasteiger partial charge in [0.05, 0.1) is 6.04 Å². The topological polar surface area (TPSA) is 76.2 Å². The Bertz CT molecular complexity index is 435. The van der Waals surface area contributed by atoms with Crippen molar-refractivity contribution in [2.24, 2.45) is 0 Å². The van der Waals surface area contributed by atoms with Gasteiger partial charge in [0.1, 0.15) is 5.82 Å². The summed E-state index contributed by atoms with van der Waals surface area (Å²) in [5.41, 5.74) is 5.65. The number of piperidine rings is 1.